The molecular weight excluding hydrogens is 206 g/mol. The first-order chi connectivity index (χ1) is 7.54. The number of carbonyl (C=O) groups is 1. The predicted molar refractivity (Wildman–Crippen MR) is 63.1 cm³/mol. The van der Waals surface area contributed by atoms with Crippen molar-refractivity contribution in [3.05, 3.63) is 18.3 Å². The maximum Gasteiger partial charge on any atom is 0.310 e. The Kier molecular flexibility index (Phi) is 4.10. The number of pyridine rings is 1. The molecule has 0 aliphatic carbocycles. The third-order valence-corrected chi connectivity index (χ3v) is 2.31. The summed E-state index contributed by atoms with van der Waals surface area (Å²) in [6.07, 6.45) is 1.59. The van der Waals surface area contributed by atoms with Crippen LogP contribution in [0, 0.1) is 5.92 Å². The lowest BCUT2D eigenvalue weighted by Gasteiger charge is -2.21. The van der Waals surface area contributed by atoms with E-state index in [9.17, 15) is 4.79 Å². The molecule has 0 saturated carbocycles. The molecule has 0 amide bonds. The van der Waals surface area contributed by atoms with Gasteiger partial charge in [-0.05, 0) is 12.1 Å². The van der Waals surface area contributed by atoms with Crippen LogP contribution in [0.25, 0.3) is 0 Å². The fourth-order valence-corrected chi connectivity index (χ4v) is 1.40. The van der Waals surface area contributed by atoms with E-state index in [2.05, 4.69) is 9.72 Å². The van der Waals surface area contributed by atoms with Crippen LogP contribution in [0.2, 0.25) is 0 Å². The van der Waals surface area contributed by atoms with E-state index in [1.54, 1.807) is 12.3 Å². The monoisotopic (exact) mass is 223 g/mol. The first-order valence-electron chi connectivity index (χ1n) is 5.05. The van der Waals surface area contributed by atoms with E-state index < -0.39 is 0 Å². The number of nitrogens with zero attached hydrogens (tertiary/aromatic N) is 2. The maximum atomic E-state index is 11.2. The van der Waals surface area contributed by atoms with Crippen LogP contribution in [0.4, 0.5) is 11.5 Å². The van der Waals surface area contributed by atoms with Crippen molar-refractivity contribution in [3.63, 3.8) is 0 Å². The number of ether oxygens (including phenoxy) is 1. The molecule has 0 aliphatic heterocycles. The van der Waals surface area contributed by atoms with Gasteiger partial charge >= 0.3 is 5.97 Å². The molecule has 0 bridgehead atoms. The van der Waals surface area contributed by atoms with Crippen molar-refractivity contribution >= 4 is 17.5 Å². The van der Waals surface area contributed by atoms with E-state index >= 15 is 0 Å². The van der Waals surface area contributed by atoms with Gasteiger partial charge in [0, 0.05) is 13.6 Å². The second-order valence-corrected chi connectivity index (χ2v) is 3.75. The first-order valence-corrected chi connectivity index (χ1v) is 5.05. The van der Waals surface area contributed by atoms with Crippen LogP contribution in [0.15, 0.2) is 18.3 Å². The predicted octanol–water partition coefficient (Wildman–Crippen LogP) is 0.909. The van der Waals surface area contributed by atoms with Gasteiger partial charge in [0.1, 0.15) is 5.82 Å². The van der Waals surface area contributed by atoms with Crippen LogP contribution in [-0.2, 0) is 9.53 Å². The number of rotatable bonds is 4. The fraction of sp³-hybridized carbons (Fsp3) is 0.455. The van der Waals surface area contributed by atoms with Crippen LogP contribution < -0.4 is 10.6 Å². The van der Waals surface area contributed by atoms with E-state index in [0.29, 0.717) is 12.2 Å². The molecule has 88 valence electrons. The van der Waals surface area contributed by atoms with Gasteiger partial charge in [0.15, 0.2) is 0 Å². The van der Waals surface area contributed by atoms with Gasteiger partial charge in [-0.2, -0.15) is 0 Å². The number of anilines is 2. The average Bonchev–Trinajstić information content (AvgIpc) is 2.28. The average molecular weight is 223 g/mol. The van der Waals surface area contributed by atoms with E-state index in [1.165, 1.54) is 7.11 Å². The Labute approximate surface area is 95.2 Å². The van der Waals surface area contributed by atoms with Crippen molar-refractivity contribution in [2.75, 3.05) is 31.3 Å². The third kappa shape index (κ3) is 3.12. The number of nitrogens with two attached hydrogens (primary N) is 1. The molecule has 0 fully saturated rings. The Morgan fingerprint density at radius 2 is 2.31 bits per heavy atom. The van der Waals surface area contributed by atoms with Crippen molar-refractivity contribution < 1.29 is 9.53 Å². The van der Waals surface area contributed by atoms with E-state index in [4.69, 9.17) is 5.73 Å². The molecule has 0 spiro atoms. The lowest BCUT2D eigenvalue weighted by Crippen LogP contribution is -2.29. The SMILES string of the molecule is COC(=O)C(C)CN(C)c1ccc(N)cn1. The molecule has 1 unspecified atom stereocenters. The minimum Gasteiger partial charge on any atom is -0.469 e. The summed E-state index contributed by atoms with van der Waals surface area (Å²) in [5, 5.41) is 0. The minimum atomic E-state index is -0.220. The van der Waals surface area contributed by atoms with E-state index in [1.807, 2.05) is 24.9 Å². The molecule has 2 N–H and O–H groups in total. The molecule has 1 aromatic heterocycles. The van der Waals surface area contributed by atoms with Crippen molar-refractivity contribution in [3.8, 4) is 0 Å². The number of hydrogen-bond acceptors (Lipinski definition) is 5. The van der Waals surface area contributed by atoms with Crippen molar-refractivity contribution in [2.45, 2.75) is 6.92 Å². The second kappa shape index (κ2) is 5.34. The molecule has 0 aromatic carbocycles. The molecular formula is C11H17N3O2. The Morgan fingerprint density at radius 3 is 2.81 bits per heavy atom. The number of aromatic nitrogens is 1. The van der Waals surface area contributed by atoms with Gasteiger partial charge in [-0.25, -0.2) is 4.98 Å². The summed E-state index contributed by atoms with van der Waals surface area (Å²) < 4.78 is 4.66. The van der Waals surface area contributed by atoms with E-state index in [-0.39, 0.29) is 11.9 Å². The zero-order valence-corrected chi connectivity index (χ0v) is 9.80. The number of hydrogen-bond donors (Lipinski definition) is 1. The van der Waals surface area contributed by atoms with Gasteiger partial charge in [0.2, 0.25) is 0 Å². The van der Waals surface area contributed by atoms with Crippen molar-refractivity contribution in [2.24, 2.45) is 5.92 Å². The Bertz CT molecular complexity index is 351. The third-order valence-electron chi connectivity index (χ3n) is 2.31. The van der Waals surface area contributed by atoms with Gasteiger partial charge < -0.3 is 15.4 Å². The molecule has 1 rings (SSSR count). The number of carbonyl (C=O) groups excluding carboxylic acids is 1. The Hall–Kier alpha value is -1.78. The van der Waals surface area contributed by atoms with Crippen LogP contribution in [-0.4, -0.2) is 31.7 Å². The van der Waals surface area contributed by atoms with Gasteiger partial charge in [-0.1, -0.05) is 6.92 Å². The lowest BCUT2D eigenvalue weighted by molar-refractivity contribution is -0.144. The molecule has 1 atom stereocenters. The lowest BCUT2D eigenvalue weighted by atomic mass is 10.2. The molecule has 1 heterocycles. The zero-order chi connectivity index (χ0) is 12.1. The molecule has 1 aromatic rings. The number of esters is 1. The standard InChI is InChI=1S/C11H17N3O2/c1-8(11(15)16-3)7-14(2)10-5-4-9(12)6-13-10/h4-6,8H,7,12H2,1-3H3. The number of nitrogen functional groups attached to an aromatic ring is 1. The van der Waals surface area contributed by atoms with Crippen molar-refractivity contribution in [1.29, 1.82) is 0 Å². The molecule has 0 saturated heterocycles. The summed E-state index contributed by atoms with van der Waals surface area (Å²) in [6, 6.07) is 3.60. The first kappa shape index (κ1) is 12.3. The fourth-order valence-electron chi connectivity index (χ4n) is 1.40. The molecule has 0 radical (unpaired) electrons. The Balaban J connectivity index is 2.61. The molecule has 16 heavy (non-hydrogen) atoms. The summed E-state index contributed by atoms with van der Waals surface area (Å²) in [7, 11) is 3.26. The second-order valence-electron chi connectivity index (χ2n) is 3.75. The quantitative estimate of drug-likeness (QED) is 0.768. The number of methoxy groups -OCH3 is 1. The maximum absolute atomic E-state index is 11.2. The van der Waals surface area contributed by atoms with Gasteiger partial charge in [-0.15, -0.1) is 0 Å². The highest BCUT2D eigenvalue weighted by molar-refractivity contribution is 5.72. The molecule has 5 nitrogen and oxygen atoms in total. The summed E-state index contributed by atoms with van der Waals surface area (Å²) in [4.78, 5) is 17.3. The summed E-state index contributed by atoms with van der Waals surface area (Å²) in [6.45, 7) is 2.38. The highest BCUT2D eigenvalue weighted by Gasteiger charge is 2.16. The normalized spacial score (nSPS) is 11.9. The largest absolute Gasteiger partial charge is 0.469 e. The van der Waals surface area contributed by atoms with Crippen LogP contribution >= 0.6 is 0 Å². The van der Waals surface area contributed by atoms with E-state index in [0.717, 1.165) is 5.82 Å². The highest BCUT2D eigenvalue weighted by Crippen LogP contribution is 2.12. The molecule has 5 heteroatoms. The van der Waals surface area contributed by atoms with Crippen LogP contribution in [0.3, 0.4) is 0 Å². The smallest absolute Gasteiger partial charge is 0.310 e. The van der Waals surface area contributed by atoms with Gasteiger partial charge in [0.05, 0.1) is 24.9 Å². The van der Waals surface area contributed by atoms with Crippen molar-refractivity contribution in [1.82, 2.24) is 4.98 Å². The Morgan fingerprint density at radius 1 is 1.62 bits per heavy atom. The zero-order valence-electron chi connectivity index (χ0n) is 9.80. The topological polar surface area (TPSA) is 68.5 Å². The van der Waals surface area contributed by atoms with Gasteiger partial charge in [0.25, 0.3) is 0 Å². The summed E-state index contributed by atoms with van der Waals surface area (Å²) in [5.74, 6) is 0.376. The highest BCUT2D eigenvalue weighted by atomic mass is 16.5. The summed E-state index contributed by atoms with van der Waals surface area (Å²) in [5.41, 5.74) is 6.17. The van der Waals surface area contributed by atoms with Crippen LogP contribution in [0.1, 0.15) is 6.92 Å². The summed E-state index contributed by atoms with van der Waals surface area (Å²) >= 11 is 0. The molecule has 0 aliphatic rings. The van der Waals surface area contributed by atoms with Gasteiger partial charge in [-0.3, -0.25) is 4.79 Å². The van der Waals surface area contributed by atoms with Crippen LogP contribution in [0.5, 0.6) is 0 Å². The minimum absolute atomic E-state index is 0.186.